The van der Waals surface area contributed by atoms with Crippen molar-refractivity contribution in [2.24, 2.45) is 0 Å². The summed E-state index contributed by atoms with van der Waals surface area (Å²) in [5.41, 5.74) is 0.795. The van der Waals surface area contributed by atoms with Crippen molar-refractivity contribution in [3.8, 4) is 0 Å². The van der Waals surface area contributed by atoms with Crippen LogP contribution in [0.15, 0.2) is 59.5 Å². The zero-order valence-corrected chi connectivity index (χ0v) is 19.7. The van der Waals surface area contributed by atoms with Crippen molar-refractivity contribution in [2.75, 3.05) is 12.3 Å². The maximum absolute atomic E-state index is 13.2. The lowest BCUT2D eigenvalue weighted by Crippen LogP contribution is -2.54. The summed E-state index contributed by atoms with van der Waals surface area (Å²) in [7, 11) is 0. The third kappa shape index (κ3) is 8.04. The lowest BCUT2D eigenvalue weighted by molar-refractivity contribution is -0.139. The van der Waals surface area contributed by atoms with Gasteiger partial charge in [-0.3, -0.25) is 9.59 Å². The lowest BCUT2D eigenvalue weighted by atomic mass is 10.1. The Morgan fingerprint density at radius 3 is 2.27 bits per heavy atom. The van der Waals surface area contributed by atoms with Gasteiger partial charge in [0.05, 0.1) is 5.75 Å². The quantitative estimate of drug-likeness (QED) is 0.539. The minimum Gasteiger partial charge on any atom is -0.350 e. The van der Waals surface area contributed by atoms with Crippen LogP contribution >= 0.6 is 23.4 Å². The first-order chi connectivity index (χ1) is 14.2. The van der Waals surface area contributed by atoms with Crippen LogP contribution in [0.3, 0.4) is 0 Å². The molecule has 2 amide bonds. The molecule has 6 heteroatoms. The van der Waals surface area contributed by atoms with E-state index < -0.39 is 6.04 Å². The molecule has 0 heterocycles. The maximum Gasteiger partial charge on any atom is 0.243 e. The summed E-state index contributed by atoms with van der Waals surface area (Å²) < 4.78 is 0. The van der Waals surface area contributed by atoms with Gasteiger partial charge in [0, 0.05) is 22.0 Å². The van der Waals surface area contributed by atoms with Crippen LogP contribution < -0.4 is 5.32 Å². The number of nitrogens with one attached hydrogen (secondary N) is 1. The molecule has 0 spiro atoms. The third-order valence-corrected chi connectivity index (χ3v) is 5.79. The van der Waals surface area contributed by atoms with E-state index in [1.54, 1.807) is 4.90 Å². The average Bonchev–Trinajstić information content (AvgIpc) is 2.69. The molecule has 0 aliphatic rings. The molecule has 0 aromatic heterocycles. The molecule has 1 N–H and O–H groups in total. The number of thioether (sulfide) groups is 1. The fourth-order valence-electron chi connectivity index (χ4n) is 3.11. The number of halogens is 1. The summed E-state index contributed by atoms with van der Waals surface area (Å²) in [6.07, 6.45) is 1.27. The fraction of sp³-hybridized carbons (Fsp3) is 0.417. The second kappa shape index (κ2) is 11.4. The number of carbonyl (C=O) groups is 2. The molecule has 0 saturated heterocycles. The van der Waals surface area contributed by atoms with E-state index in [4.69, 9.17) is 11.6 Å². The number of hydrogen-bond acceptors (Lipinski definition) is 3. The van der Waals surface area contributed by atoms with Crippen LogP contribution in [0, 0.1) is 0 Å². The minimum atomic E-state index is -0.494. The van der Waals surface area contributed by atoms with E-state index in [0.717, 1.165) is 10.5 Å². The van der Waals surface area contributed by atoms with Crippen molar-refractivity contribution in [3.05, 3.63) is 65.2 Å². The molecule has 0 radical (unpaired) electrons. The van der Waals surface area contributed by atoms with Crippen LogP contribution in [0.2, 0.25) is 5.02 Å². The van der Waals surface area contributed by atoms with Crippen LogP contribution in [-0.2, 0) is 16.0 Å². The van der Waals surface area contributed by atoms with Crippen molar-refractivity contribution >= 4 is 35.2 Å². The normalized spacial score (nSPS) is 12.3. The molecule has 0 saturated carbocycles. The molecule has 0 aliphatic carbocycles. The number of carbonyl (C=O) groups excluding carboxylic acids is 2. The molecular weight excluding hydrogens is 416 g/mol. The summed E-state index contributed by atoms with van der Waals surface area (Å²) in [6, 6.07) is 17.0. The van der Waals surface area contributed by atoms with Gasteiger partial charge in [-0.1, -0.05) is 48.9 Å². The number of rotatable bonds is 9. The first-order valence-electron chi connectivity index (χ1n) is 10.2. The highest BCUT2D eigenvalue weighted by Crippen LogP contribution is 2.22. The SMILES string of the molecule is CC[C@H](C(=O)NC(C)(C)C)N(CCc1ccccc1)C(=O)CSc1ccc(Cl)cc1. The van der Waals surface area contributed by atoms with Gasteiger partial charge in [-0.2, -0.15) is 0 Å². The third-order valence-electron chi connectivity index (χ3n) is 4.54. The highest BCUT2D eigenvalue weighted by Gasteiger charge is 2.30. The Morgan fingerprint density at radius 2 is 1.70 bits per heavy atom. The summed E-state index contributed by atoms with van der Waals surface area (Å²) in [4.78, 5) is 28.8. The van der Waals surface area contributed by atoms with Gasteiger partial charge < -0.3 is 10.2 Å². The molecule has 2 aromatic carbocycles. The van der Waals surface area contributed by atoms with Gasteiger partial charge in [0.2, 0.25) is 11.8 Å². The monoisotopic (exact) mass is 446 g/mol. The molecule has 1 atom stereocenters. The number of hydrogen-bond donors (Lipinski definition) is 1. The fourth-order valence-corrected chi connectivity index (χ4v) is 4.02. The van der Waals surface area contributed by atoms with E-state index in [-0.39, 0.29) is 23.1 Å². The zero-order valence-electron chi connectivity index (χ0n) is 18.2. The van der Waals surface area contributed by atoms with E-state index in [1.807, 2.05) is 82.3 Å². The van der Waals surface area contributed by atoms with E-state index in [9.17, 15) is 9.59 Å². The number of amides is 2. The second-order valence-corrected chi connectivity index (χ2v) is 9.71. The lowest BCUT2D eigenvalue weighted by Gasteiger charge is -2.33. The molecule has 0 fully saturated rings. The molecule has 0 aliphatic heterocycles. The van der Waals surface area contributed by atoms with Crippen molar-refractivity contribution < 1.29 is 9.59 Å². The Kier molecular flexibility index (Phi) is 9.25. The van der Waals surface area contributed by atoms with Crippen LogP contribution in [0.1, 0.15) is 39.7 Å². The van der Waals surface area contributed by atoms with Gasteiger partial charge >= 0.3 is 0 Å². The molecule has 4 nitrogen and oxygen atoms in total. The summed E-state index contributed by atoms with van der Waals surface area (Å²) >= 11 is 7.40. The van der Waals surface area contributed by atoms with Gasteiger partial charge in [0.15, 0.2) is 0 Å². The summed E-state index contributed by atoms with van der Waals surface area (Å²) in [6.45, 7) is 8.29. The Hall–Kier alpha value is -1.98. The Balaban J connectivity index is 2.14. The molecule has 162 valence electrons. The van der Waals surface area contributed by atoms with Crippen molar-refractivity contribution in [3.63, 3.8) is 0 Å². The standard InChI is InChI=1S/C24H31ClN2O2S/c1-5-21(23(29)26-24(2,3)4)27(16-15-18-9-7-6-8-10-18)22(28)17-30-20-13-11-19(25)12-14-20/h6-14,21H,5,15-17H2,1-4H3,(H,26,29)/t21-/m1/s1. The smallest absolute Gasteiger partial charge is 0.243 e. The van der Waals surface area contributed by atoms with Crippen LogP contribution in [0.25, 0.3) is 0 Å². The first-order valence-corrected chi connectivity index (χ1v) is 11.6. The van der Waals surface area contributed by atoms with E-state index in [0.29, 0.717) is 24.4 Å². The number of benzene rings is 2. The Labute approximate surface area is 189 Å². The average molecular weight is 447 g/mol. The van der Waals surface area contributed by atoms with Crippen LogP contribution in [0.4, 0.5) is 0 Å². The molecule has 2 aromatic rings. The molecule has 0 bridgehead atoms. The topological polar surface area (TPSA) is 49.4 Å². The predicted octanol–water partition coefficient (Wildman–Crippen LogP) is 5.20. The Bertz CT molecular complexity index is 819. The van der Waals surface area contributed by atoms with Crippen LogP contribution in [0.5, 0.6) is 0 Å². The van der Waals surface area contributed by atoms with Gasteiger partial charge in [-0.15, -0.1) is 11.8 Å². The van der Waals surface area contributed by atoms with Crippen molar-refractivity contribution in [1.29, 1.82) is 0 Å². The largest absolute Gasteiger partial charge is 0.350 e. The Morgan fingerprint density at radius 1 is 1.07 bits per heavy atom. The molecule has 2 rings (SSSR count). The van der Waals surface area contributed by atoms with Crippen LogP contribution in [-0.4, -0.2) is 40.6 Å². The maximum atomic E-state index is 13.2. The zero-order chi connectivity index (χ0) is 22.1. The van der Waals surface area contributed by atoms with Gasteiger partial charge in [0.25, 0.3) is 0 Å². The molecule has 30 heavy (non-hydrogen) atoms. The van der Waals surface area contributed by atoms with E-state index >= 15 is 0 Å². The molecule has 0 unspecified atom stereocenters. The summed E-state index contributed by atoms with van der Waals surface area (Å²) in [5.74, 6) is 0.125. The van der Waals surface area contributed by atoms with Crippen molar-refractivity contribution in [1.82, 2.24) is 10.2 Å². The minimum absolute atomic E-state index is 0.0400. The van der Waals surface area contributed by atoms with Crippen molar-refractivity contribution in [2.45, 2.75) is 57.0 Å². The van der Waals surface area contributed by atoms with E-state index in [2.05, 4.69) is 5.32 Å². The van der Waals surface area contributed by atoms with E-state index in [1.165, 1.54) is 11.8 Å². The second-order valence-electron chi connectivity index (χ2n) is 8.23. The predicted molar refractivity (Wildman–Crippen MR) is 126 cm³/mol. The van der Waals surface area contributed by atoms with Gasteiger partial charge in [0.1, 0.15) is 6.04 Å². The number of nitrogens with zero attached hydrogens (tertiary/aromatic N) is 1. The molecular formula is C24H31ClN2O2S. The summed E-state index contributed by atoms with van der Waals surface area (Å²) in [5, 5.41) is 3.70. The highest BCUT2D eigenvalue weighted by atomic mass is 35.5. The van der Waals surface area contributed by atoms with Gasteiger partial charge in [-0.25, -0.2) is 0 Å². The first kappa shape index (κ1) is 24.3. The van der Waals surface area contributed by atoms with Gasteiger partial charge in [-0.05, 0) is 63.4 Å². The highest BCUT2D eigenvalue weighted by molar-refractivity contribution is 8.00.